The van der Waals surface area contributed by atoms with E-state index in [2.05, 4.69) is 10.2 Å². The number of allylic oxidation sites excluding steroid dienone is 1. The highest BCUT2D eigenvalue weighted by Crippen LogP contribution is 2.42. The average molecular weight is 485 g/mol. The molecule has 2 aromatic carbocycles. The van der Waals surface area contributed by atoms with Gasteiger partial charge in [-0.1, -0.05) is 18.2 Å². The van der Waals surface area contributed by atoms with Gasteiger partial charge in [0, 0.05) is 11.4 Å². The molecule has 9 nitrogen and oxygen atoms in total. The quantitative estimate of drug-likeness (QED) is 0.533. The van der Waals surface area contributed by atoms with Gasteiger partial charge in [-0.15, -0.1) is 5.10 Å². The first-order valence-corrected chi connectivity index (χ1v) is 10.3. The smallest absolute Gasteiger partial charge is 0.416 e. The summed E-state index contributed by atoms with van der Waals surface area (Å²) in [6, 6.07) is 11.4. The number of carbonyl (C=O) groups excluding carboxylic acids is 1. The minimum atomic E-state index is -4.62. The largest absolute Gasteiger partial charge is 0.460 e. The molecule has 1 atom stereocenters. The van der Waals surface area contributed by atoms with E-state index in [0.717, 1.165) is 16.7 Å². The molecule has 1 aromatic heterocycles. The Hall–Kier alpha value is -4.37. The van der Waals surface area contributed by atoms with Gasteiger partial charge in [-0.25, -0.2) is 19.3 Å². The van der Waals surface area contributed by atoms with Crippen molar-refractivity contribution in [1.82, 2.24) is 14.8 Å². The summed E-state index contributed by atoms with van der Waals surface area (Å²) < 4.78 is 46.4. The topological polar surface area (TPSA) is 124 Å². The standard InChI is InChI=1S/C23H18F3N5O4/c1-13-18(20(33)35-10-9-32)19(15-7-5-14(12-27)6-8-15)31-21(28-29-22(31)34)30(13)17-4-2-3-16(11-17)23(24,25)26/h2-8,11,19,32H,9-10H2,1H3,(H,29,34)/t19-/m1/s1. The number of aromatic amines is 1. The highest BCUT2D eigenvalue weighted by molar-refractivity contribution is 5.93. The lowest BCUT2D eigenvalue weighted by molar-refractivity contribution is -0.140. The number of aliphatic hydroxyl groups excluding tert-OH is 1. The lowest BCUT2D eigenvalue weighted by Gasteiger charge is -2.35. The molecular formula is C23H18F3N5O4. The molecule has 0 unspecified atom stereocenters. The molecule has 1 aliphatic heterocycles. The third-order valence-electron chi connectivity index (χ3n) is 5.47. The molecule has 0 radical (unpaired) electrons. The minimum absolute atomic E-state index is 0.0170. The number of nitrogens with one attached hydrogen (secondary N) is 1. The van der Waals surface area contributed by atoms with Crippen molar-refractivity contribution in [2.24, 2.45) is 0 Å². The van der Waals surface area contributed by atoms with Crippen LogP contribution < -0.4 is 10.6 Å². The molecule has 0 spiro atoms. The number of hydrogen-bond acceptors (Lipinski definition) is 7. The van der Waals surface area contributed by atoms with Gasteiger partial charge in [0.15, 0.2) is 0 Å². The SMILES string of the molecule is CC1=C(C(=O)OCCO)[C@@H](c2ccc(C#N)cc2)n2c(n[nH]c2=O)N1c1cccc(C(F)(F)F)c1. The summed E-state index contributed by atoms with van der Waals surface area (Å²) in [5.41, 5.74) is -0.710. The number of aliphatic hydroxyl groups is 1. The van der Waals surface area contributed by atoms with E-state index >= 15 is 0 Å². The first-order chi connectivity index (χ1) is 16.7. The van der Waals surface area contributed by atoms with Gasteiger partial charge >= 0.3 is 17.8 Å². The number of alkyl halides is 3. The molecule has 3 aromatic rings. The number of H-pyrrole nitrogens is 1. The van der Waals surface area contributed by atoms with Crippen LogP contribution in [0, 0.1) is 11.3 Å². The molecule has 0 fully saturated rings. The number of esters is 1. The normalized spacial score (nSPS) is 15.5. The Kier molecular flexibility index (Phi) is 6.19. The first-order valence-electron chi connectivity index (χ1n) is 10.3. The van der Waals surface area contributed by atoms with Crippen molar-refractivity contribution in [1.29, 1.82) is 5.26 Å². The molecule has 0 bridgehead atoms. The molecule has 0 saturated carbocycles. The van der Waals surface area contributed by atoms with Crippen molar-refractivity contribution < 1.29 is 27.8 Å². The van der Waals surface area contributed by atoms with Crippen LogP contribution in [0.15, 0.2) is 64.6 Å². The van der Waals surface area contributed by atoms with Crippen LogP contribution in [0.2, 0.25) is 0 Å². The van der Waals surface area contributed by atoms with Crippen molar-refractivity contribution in [3.63, 3.8) is 0 Å². The third-order valence-corrected chi connectivity index (χ3v) is 5.47. The molecule has 0 amide bonds. The minimum Gasteiger partial charge on any atom is -0.460 e. The molecule has 4 rings (SSSR count). The number of anilines is 2. The number of hydrogen-bond donors (Lipinski definition) is 2. The lowest BCUT2D eigenvalue weighted by Crippen LogP contribution is -2.38. The highest BCUT2D eigenvalue weighted by Gasteiger charge is 2.40. The lowest BCUT2D eigenvalue weighted by atomic mass is 9.93. The number of rotatable bonds is 5. The van der Waals surface area contributed by atoms with Crippen LogP contribution in [0.4, 0.5) is 24.8 Å². The van der Waals surface area contributed by atoms with Crippen molar-refractivity contribution in [2.75, 3.05) is 18.1 Å². The predicted molar refractivity (Wildman–Crippen MR) is 116 cm³/mol. The van der Waals surface area contributed by atoms with Gasteiger partial charge in [-0.2, -0.15) is 18.4 Å². The third kappa shape index (κ3) is 4.29. The van der Waals surface area contributed by atoms with Crippen LogP contribution in [-0.2, 0) is 15.7 Å². The molecule has 180 valence electrons. The van der Waals surface area contributed by atoms with Crippen LogP contribution in [0.1, 0.15) is 29.7 Å². The Bertz CT molecular complexity index is 1400. The van der Waals surface area contributed by atoms with Gasteiger partial charge in [0.1, 0.15) is 12.6 Å². The molecule has 1 aliphatic rings. The van der Waals surface area contributed by atoms with Gasteiger partial charge in [0.2, 0.25) is 5.95 Å². The summed E-state index contributed by atoms with van der Waals surface area (Å²) in [6.07, 6.45) is -4.62. The number of ether oxygens (including phenoxy) is 1. The number of nitrogens with zero attached hydrogens (tertiary/aromatic N) is 4. The van der Waals surface area contributed by atoms with Crippen molar-refractivity contribution in [2.45, 2.75) is 19.1 Å². The zero-order valence-corrected chi connectivity index (χ0v) is 18.2. The van der Waals surface area contributed by atoms with E-state index in [1.807, 2.05) is 6.07 Å². The van der Waals surface area contributed by atoms with E-state index in [9.17, 15) is 22.8 Å². The predicted octanol–water partition coefficient (Wildman–Crippen LogP) is 3.01. The molecule has 0 saturated heterocycles. The molecular weight excluding hydrogens is 467 g/mol. The number of aromatic nitrogens is 3. The fourth-order valence-corrected chi connectivity index (χ4v) is 3.95. The second-order valence-corrected chi connectivity index (χ2v) is 7.58. The number of carbonyl (C=O) groups is 1. The van der Waals surface area contributed by atoms with Crippen molar-refractivity contribution in [3.8, 4) is 6.07 Å². The Morgan fingerprint density at radius 3 is 2.60 bits per heavy atom. The fourth-order valence-electron chi connectivity index (χ4n) is 3.95. The van der Waals surface area contributed by atoms with Gasteiger partial charge < -0.3 is 9.84 Å². The highest BCUT2D eigenvalue weighted by atomic mass is 19.4. The number of nitriles is 1. The molecule has 0 aliphatic carbocycles. The molecule has 2 heterocycles. The monoisotopic (exact) mass is 485 g/mol. The number of benzene rings is 2. The summed E-state index contributed by atoms with van der Waals surface area (Å²) in [4.78, 5) is 27.2. The second kappa shape index (κ2) is 9.11. The van der Waals surface area contributed by atoms with Crippen LogP contribution in [0.25, 0.3) is 0 Å². The van der Waals surface area contributed by atoms with E-state index in [1.54, 1.807) is 12.1 Å². The Labute approximate surface area is 196 Å². The Balaban J connectivity index is 1.97. The summed E-state index contributed by atoms with van der Waals surface area (Å²) in [6.45, 7) is 0.718. The van der Waals surface area contributed by atoms with Crippen molar-refractivity contribution >= 4 is 17.6 Å². The van der Waals surface area contributed by atoms with E-state index in [1.165, 1.54) is 36.1 Å². The summed E-state index contributed by atoms with van der Waals surface area (Å²) >= 11 is 0. The second-order valence-electron chi connectivity index (χ2n) is 7.58. The van der Waals surface area contributed by atoms with Gasteiger partial charge in [-0.05, 0) is 42.8 Å². The van der Waals surface area contributed by atoms with Crippen LogP contribution in [0.5, 0.6) is 0 Å². The zero-order valence-electron chi connectivity index (χ0n) is 18.2. The van der Waals surface area contributed by atoms with Crippen LogP contribution >= 0.6 is 0 Å². The average Bonchev–Trinajstić information content (AvgIpc) is 3.22. The molecule has 12 heteroatoms. The number of fused-ring (bicyclic) bond motifs is 1. The van der Waals surface area contributed by atoms with E-state index < -0.39 is 36.0 Å². The van der Waals surface area contributed by atoms with E-state index in [0.29, 0.717) is 11.1 Å². The Morgan fingerprint density at radius 1 is 1.26 bits per heavy atom. The maximum atomic E-state index is 13.4. The summed E-state index contributed by atoms with van der Waals surface area (Å²) in [5, 5.41) is 24.5. The van der Waals surface area contributed by atoms with E-state index in [4.69, 9.17) is 15.1 Å². The fraction of sp³-hybridized carbons (Fsp3) is 0.217. The molecule has 2 N–H and O–H groups in total. The molecule has 35 heavy (non-hydrogen) atoms. The summed E-state index contributed by atoms with van der Waals surface area (Å²) in [5.74, 6) is -0.915. The van der Waals surface area contributed by atoms with Crippen molar-refractivity contribution in [3.05, 3.63) is 87.0 Å². The Morgan fingerprint density at radius 2 is 1.97 bits per heavy atom. The maximum absolute atomic E-state index is 13.4. The van der Waals surface area contributed by atoms with Crippen LogP contribution in [0.3, 0.4) is 0 Å². The van der Waals surface area contributed by atoms with E-state index in [-0.39, 0.29) is 29.5 Å². The number of halogens is 3. The first kappa shape index (κ1) is 23.8. The van der Waals surface area contributed by atoms with Crippen LogP contribution in [-0.4, -0.2) is 39.1 Å². The van der Waals surface area contributed by atoms with Gasteiger partial charge in [0.25, 0.3) is 0 Å². The van der Waals surface area contributed by atoms with Gasteiger partial charge in [-0.3, -0.25) is 4.90 Å². The summed E-state index contributed by atoms with van der Waals surface area (Å²) in [7, 11) is 0. The van der Waals surface area contributed by atoms with Gasteiger partial charge in [0.05, 0.1) is 29.4 Å². The zero-order chi connectivity index (χ0) is 25.3. The maximum Gasteiger partial charge on any atom is 0.416 e.